The zero-order chi connectivity index (χ0) is 12.7. The molecule has 1 atom stereocenters. The lowest BCUT2D eigenvalue weighted by atomic mass is 10.1. The van der Waals surface area contributed by atoms with Crippen molar-refractivity contribution in [2.75, 3.05) is 0 Å². The van der Waals surface area contributed by atoms with E-state index in [1.54, 1.807) is 17.7 Å². The largest absolute Gasteiger partial charge is 0.478 e. The first kappa shape index (κ1) is 13.7. The maximum Gasteiger partial charge on any atom is 0.352 e. The Morgan fingerprint density at radius 1 is 1.65 bits per heavy atom. The van der Waals surface area contributed by atoms with Crippen LogP contribution in [0.4, 0.5) is 0 Å². The van der Waals surface area contributed by atoms with Gasteiger partial charge in [0.1, 0.15) is 0 Å². The molecular weight excluding hydrogens is 238 g/mol. The molecule has 0 aliphatic heterocycles. The first-order valence-corrected chi connectivity index (χ1v) is 6.48. The van der Waals surface area contributed by atoms with E-state index in [1.807, 2.05) is 5.38 Å². The normalized spacial score (nSPS) is 13.1. The van der Waals surface area contributed by atoms with E-state index in [9.17, 15) is 4.79 Å². The molecule has 1 N–H and O–H groups in total. The van der Waals surface area contributed by atoms with E-state index >= 15 is 0 Å². The quantitative estimate of drug-likeness (QED) is 0.600. The number of nitrogens with zero attached hydrogens (tertiary/aromatic N) is 1. The summed E-state index contributed by atoms with van der Waals surface area (Å²) in [5.74, 6) is -0.419. The third kappa shape index (κ3) is 4.99. The molecule has 1 rings (SSSR count). The van der Waals surface area contributed by atoms with Crippen molar-refractivity contribution in [3.8, 4) is 0 Å². The number of thiophene rings is 1. The van der Waals surface area contributed by atoms with Crippen LogP contribution in [0.25, 0.3) is 0 Å². The van der Waals surface area contributed by atoms with Gasteiger partial charge in [0, 0.05) is 11.8 Å². The lowest BCUT2D eigenvalue weighted by Crippen LogP contribution is -2.12. The van der Waals surface area contributed by atoms with Gasteiger partial charge in [0.25, 0.3) is 0 Å². The average Bonchev–Trinajstić information content (AvgIpc) is 2.75. The SMILES string of the molecule is CC(C)CCC=NOC(C(=O)O)c1ccsc1. The third-order valence-electron chi connectivity index (χ3n) is 2.18. The van der Waals surface area contributed by atoms with Crippen LogP contribution >= 0.6 is 11.3 Å². The van der Waals surface area contributed by atoms with Crippen molar-refractivity contribution in [1.29, 1.82) is 0 Å². The lowest BCUT2D eigenvalue weighted by molar-refractivity contribution is -0.150. The molecule has 0 spiro atoms. The fourth-order valence-electron chi connectivity index (χ4n) is 1.24. The number of oxime groups is 1. The van der Waals surface area contributed by atoms with Crippen LogP contribution in [-0.2, 0) is 9.63 Å². The molecular formula is C12H17NO3S. The summed E-state index contributed by atoms with van der Waals surface area (Å²) in [6.45, 7) is 4.25. The highest BCUT2D eigenvalue weighted by Gasteiger charge is 2.21. The van der Waals surface area contributed by atoms with Crippen molar-refractivity contribution in [3.05, 3.63) is 22.4 Å². The second-order valence-corrected chi connectivity index (χ2v) is 4.92. The molecule has 94 valence electrons. The molecule has 0 bridgehead atoms. The van der Waals surface area contributed by atoms with Crippen LogP contribution < -0.4 is 0 Å². The van der Waals surface area contributed by atoms with Crippen LogP contribution in [0.2, 0.25) is 0 Å². The van der Waals surface area contributed by atoms with Gasteiger partial charge in [-0.2, -0.15) is 11.3 Å². The summed E-state index contributed by atoms with van der Waals surface area (Å²) >= 11 is 1.44. The topological polar surface area (TPSA) is 58.9 Å². The Balaban J connectivity index is 2.44. The van der Waals surface area contributed by atoms with E-state index in [4.69, 9.17) is 9.94 Å². The molecule has 0 saturated heterocycles. The maximum absolute atomic E-state index is 11.0. The minimum Gasteiger partial charge on any atom is -0.478 e. The number of rotatable bonds is 7. The molecule has 4 nitrogen and oxygen atoms in total. The number of carboxylic acids is 1. The summed E-state index contributed by atoms with van der Waals surface area (Å²) in [6, 6.07) is 1.73. The highest BCUT2D eigenvalue weighted by Crippen LogP contribution is 2.20. The Labute approximate surface area is 105 Å². The van der Waals surface area contributed by atoms with Crippen molar-refractivity contribution in [2.45, 2.75) is 32.8 Å². The molecule has 0 aromatic carbocycles. The van der Waals surface area contributed by atoms with Gasteiger partial charge in [-0.05, 0) is 35.6 Å². The first-order valence-electron chi connectivity index (χ1n) is 5.53. The fourth-order valence-corrected chi connectivity index (χ4v) is 1.91. The van der Waals surface area contributed by atoms with E-state index in [-0.39, 0.29) is 0 Å². The maximum atomic E-state index is 11.0. The van der Waals surface area contributed by atoms with Crippen LogP contribution in [0, 0.1) is 5.92 Å². The van der Waals surface area contributed by atoms with E-state index in [2.05, 4.69) is 19.0 Å². The number of hydrogen-bond acceptors (Lipinski definition) is 4. The molecule has 0 aliphatic rings. The molecule has 0 aliphatic carbocycles. The molecule has 1 unspecified atom stereocenters. The summed E-state index contributed by atoms with van der Waals surface area (Å²) in [6.07, 6.45) is 2.44. The van der Waals surface area contributed by atoms with E-state index < -0.39 is 12.1 Å². The summed E-state index contributed by atoms with van der Waals surface area (Å²) in [7, 11) is 0. The predicted octanol–water partition coefficient (Wildman–Crippen LogP) is 3.31. The molecule has 1 aromatic heterocycles. The van der Waals surface area contributed by atoms with Gasteiger partial charge in [-0.3, -0.25) is 0 Å². The molecule has 0 saturated carbocycles. The molecule has 0 radical (unpaired) electrons. The molecule has 5 heteroatoms. The minimum absolute atomic E-state index is 0.605. The average molecular weight is 255 g/mol. The number of carboxylic acid groups (broad SMARTS) is 1. The van der Waals surface area contributed by atoms with Crippen molar-refractivity contribution >= 4 is 23.5 Å². The highest BCUT2D eigenvalue weighted by molar-refractivity contribution is 7.08. The molecule has 0 fully saturated rings. The molecule has 0 amide bonds. The number of hydrogen-bond donors (Lipinski definition) is 1. The van der Waals surface area contributed by atoms with Crippen LogP contribution in [0.3, 0.4) is 0 Å². The Morgan fingerprint density at radius 2 is 2.41 bits per heavy atom. The van der Waals surface area contributed by atoms with E-state index in [1.165, 1.54) is 11.3 Å². The Hall–Kier alpha value is -1.36. The summed E-state index contributed by atoms with van der Waals surface area (Å²) in [5.41, 5.74) is 0.628. The zero-order valence-electron chi connectivity index (χ0n) is 10.00. The Kier molecular flexibility index (Phi) is 5.69. The third-order valence-corrected chi connectivity index (χ3v) is 2.89. The van der Waals surface area contributed by atoms with Gasteiger partial charge in [0.2, 0.25) is 6.10 Å². The van der Waals surface area contributed by atoms with Gasteiger partial charge in [0.15, 0.2) is 0 Å². The van der Waals surface area contributed by atoms with E-state index in [0.29, 0.717) is 11.5 Å². The zero-order valence-corrected chi connectivity index (χ0v) is 10.8. The van der Waals surface area contributed by atoms with Gasteiger partial charge in [0.05, 0.1) is 0 Å². The molecule has 1 heterocycles. The van der Waals surface area contributed by atoms with Gasteiger partial charge in [-0.1, -0.05) is 19.0 Å². The summed E-state index contributed by atoms with van der Waals surface area (Å²) < 4.78 is 0. The molecule has 17 heavy (non-hydrogen) atoms. The summed E-state index contributed by atoms with van der Waals surface area (Å²) in [5, 5.41) is 16.3. The van der Waals surface area contributed by atoms with Gasteiger partial charge >= 0.3 is 5.97 Å². The second kappa shape index (κ2) is 7.06. The Morgan fingerprint density at radius 3 is 2.94 bits per heavy atom. The van der Waals surface area contributed by atoms with Crippen LogP contribution in [0.1, 0.15) is 38.4 Å². The predicted molar refractivity (Wildman–Crippen MR) is 68.3 cm³/mol. The van der Waals surface area contributed by atoms with Crippen molar-refractivity contribution < 1.29 is 14.7 Å². The summed E-state index contributed by atoms with van der Waals surface area (Å²) in [4.78, 5) is 16.0. The van der Waals surface area contributed by atoms with Gasteiger partial charge < -0.3 is 9.94 Å². The fraction of sp³-hybridized carbons (Fsp3) is 0.500. The number of carbonyl (C=O) groups is 1. The van der Waals surface area contributed by atoms with Crippen LogP contribution in [0.15, 0.2) is 22.0 Å². The first-order chi connectivity index (χ1) is 8.11. The lowest BCUT2D eigenvalue weighted by Gasteiger charge is -2.08. The minimum atomic E-state index is -1.02. The van der Waals surface area contributed by atoms with Gasteiger partial charge in [-0.15, -0.1) is 0 Å². The smallest absolute Gasteiger partial charge is 0.352 e. The van der Waals surface area contributed by atoms with Crippen LogP contribution in [0.5, 0.6) is 0 Å². The molecule has 1 aromatic rings. The van der Waals surface area contributed by atoms with Crippen molar-refractivity contribution in [1.82, 2.24) is 0 Å². The number of aliphatic carboxylic acids is 1. The van der Waals surface area contributed by atoms with E-state index in [0.717, 1.165) is 12.8 Å². The van der Waals surface area contributed by atoms with Crippen molar-refractivity contribution in [2.24, 2.45) is 11.1 Å². The standard InChI is InChI=1S/C12H17NO3S/c1-9(2)4-3-6-13-16-11(12(14)15)10-5-7-17-8-10/h5-9,11H,3-4H2,1-2H3,(H,14,15). The highest BCUT2D eigenvalue weighted by atomic mass is 32.1. The monoisotopic (exact) mass is 255 g/mol. The van der Waals surface area contributed by atoms with Crippen LogP contribution in [-0.4, -0.2) is 17.3 Å². The van der Waals surface area contributed by atoms with Gasteiger partial charge in [-0.25, -0.2) is 4.79 Å². The van der Waals surface area contributed by atoms with Crippen molar-refractivity contribution in [3.63, 3.8) is 0 Å². The second-order valence-electron chi connectivity index (χ2n) is 4.14. The Bertz CT molecular complexity index is 360.